The smallest absolute Gasteiger partial charge is 0.257 e. The zero-order chi connectivity index (χ0) is 15.5. The molecular formula is C14H17Cl2N2O3+. The van der Waals surface area contributed by atoms with Gasteiger partial charge in [-0.15, -0.1) is 11.6 Å². The lowest BCUT2D eigenvalue weighted by Crippen LogP contribution is -2.60. The largest absolute Gasteiger partial charge is 0.493 e. The zero-order valence-electron chi connectivity index (χ0n) is 11.3. The lowest BCUT2D eigenvalue weighted by atomic mass is 10.2. The maximum atomic E-state index is 12.5. The van der Waals surface area contributed by atoms with Gasteiger partial charge in [-0.1, -0.05) is 17.7 Å². The van der Waals surface area contributed by atoms with E-state index in [9.17, 15) is 4.79 Å². The van der Waals surface area contributed by atoms with Crippen molar-refractivity contribution in [3.05, 3.63) is 47.5 Å². The van der Waals surface area contributed by atoms with Gasteiger partial charge < -0.3 is 14.7 Å². The number of amides is 1. The Kier molecular flexibility index (Phi) is 8.50. The Hall–Kier alpha value is -1.56. The van der Waals surface area contributed by atoms with E-state index < -0.39 is 0 Å². The molecule has 0 saturated carbocycles. The van der Waals surface area contributed by atoms with E-state index in [1.165, 1.54) is 23.3 Å². The Morgan fingerprint density at radius 1 is 1.52 bits per heavy atom. The van der Waals surface area contributed by atoms with Crippen LogP contribution in [0.3, 0.4) is 0 Å². The van der Waals surface area contributed by atoms with E-state index in [2.05, 4.69) is 4.99 Å². The van der Waals surface area contributed by atoms with Crippen LogP contribution >= 0.6 is 23.2 Å². The number of hydrogen-bond acceptors (Lipinski definition) is 3. The van der Waals surface area contributed by atoms with E-state index in [0.717, 1.165) is 0 Å². The minimum atomic E-state index is -0.337. The van der Waals surface area contributed by atoms with E-state index in [1.54, 1.807) is 24.7 Å². The first-order chi connectivity index (χ1) is 10.2. The third-order valence-electron chi connectivity index (χ3n) is 2.44. The van der Waals surface area contributed by atoms with Gasteiger partial charge in [-0.05, 0) is 6.08 Å². The van der Waals surface area contributed by atoms with E-state index in [4.69, 9.17) is 33.0 Å². The highest BCUT2D eigenvalue weighted by Crippen LogP contribution is 2.11. The van der Waals surface area contributed by atoms with Gasteiger partial charge in [0.15, 0.2) is 6.21 Å². The van der Waals surface area contributed by atoms with Crippen LogP contribution in [0.25, 0.3) is 0 Å². The fourth-order valence-electron chi connectivity index (χ4n) is 1.48. The molecule has 1 aliphatic heterocycles. The number of rotatable bonds is 4. The molecule has 114 valence electrons. The summed E-state index contributed by atoms with van der Waals surface area (Å²) in [7, 11) is 0. The molecule has 0 atom stereocenters. The Morgan fingerprint density at radius 2 is 2.33 bits per heavy atom. The first-order valence-corrected chi connectivity index (χ1v) is 7.17. The Bertz CT molecular complexity index is 496. The molecule has 1 rings (SSSR count). The molecule has 1 aliphatic rings. The fraction of sp³-hybridized carbons (Fsp3) is 0.286. The lowest BCUT2D eigenvalue weighted by molar-refractivity contribution is -0.367. The average molecular weight is 332 g/mol. The molecule has 2 N–H and O–H groups in total. The molecule has 21 heavy (non-hydrogen) atoms. The Labute approximate surface area is 133 Å². The van der Waals surface area contributed by atoms with Gasteiger partial charge in [0.05, 0.1) is 13.2 Å². The van der Waals surface area contributed by atoms with Crippen molar-refractivity contribution >= 4 is 35.3 Å². The number of alkyl halides is 1. The monoisotopic (exact) mass is 331 g/mol. The Morgan fingerprint density at radius 3 is 3.05 bits per heavy atom. The number of carbonyl (C=O) groups is 1. The number of hydrogen-bond donors (Lipinski definition) is 2. The first-order valence-electron chi connectivity index (χ1n) is 6.25. The van der Waals surface area contributed by atoms with Crippen LogP contribution in [0.2, 0.25) is 0 Å². The summed E-state index contributed by atoms with van der Waals surface area (Å²) < 4.78 is 5.21. The molecule has 1 amide bonds. The summed E-state index contributed by atoms with van der Waals surface area (Å²) in [6.45, 7) is 0.382. The number of carbonyl (C=O) groups excluding carboxylic acids is 1. The van der Waals surface area contributed by atoms with Gasteiger partial charge in [0.1, 0.15) is 12.9 Å². The van der Waals surface area contributed by atoms with Crippen molar-refractivity contribution in [2.45, 2.75) is 0 Å². The summed E-state index contributed by atoms with van der Waals surface area (Å²) in [6, 6.07) is 0. The number of allylic oxidation sites excluding steroid dienone is 2. The van der Waals surface area contributed by atoms with Crippen molar-refractivity contribution in [3.63, 3.8) is 0 Å². The van der Waals surface area contributed by atoms with Crippen LogP contribution in [0.5, 0.6) is 0 Å². The highest BCUT2D eigenvalue weighted by atomic mass is 35.5. The Balaban J connectivity index is 2.93. The van der Waals surface area contributed by atoms with E-state index in [1.807, 2.05) is 0 Å². The molecule has 0 aromatic carbocycles. The SMILES string of the molecule is O=C(C(/C=C(/Cl)CO)=C/CCl)N1/C=C/C=[NH+]/C=C/OCC1. The molecule has 1 heterocycles. The molecular weight excluding hydrogens is 315 g/mol. The highest BCUT2D eigenvalue weighted by Gasteiger charge is 2.15. The molecule has 0 fully saturated rings. The van der Waals surface area contributed by atoms with Crippen LogP contribution in [0, 0.1) is 0 Å². The van der Waals surface area contributed by atoms with Gasteiger partial charge in [0.2, 0.25) is 6.20 Å². The van der Waals surface area contributed by atoms with Crippen LogP contribution in [-0.2, 0) is 9.53 Å². The predicted octanol–water partition coefficient (Wildman–Crippen LogP) is 0.262. The molecule has 5 nitrogen and oxygen atoms in total. The molecule has 0 aliphatic carbocycles. The summed E-state index contributed by atoms with van der Waals surface area (Å²) in [5.41, 5.74) is 0.314. The van der Waals surface area contributed by atoms with Crippen molar-refractivity contribution < 1.29 is 19.6 Å². The number of nitrogens with zero attached hydrogens (tertiary/aromatic N) is 1. The summed E-state index contributed by atoms with van der Waals surface area (Å²) in [6.07, 6.45) is 11.1. The molecule has 0 radical (unpaired) electrons. The third-order valence-corrected chi connectivity index (χ3v) is 2.82. The van der Waals surface area contributed by atoms with Crippen molar-refractivity contribution in [1.82, 2.24) is 4.90 Å². The summed E-state index contributed by atoms with van der Waals surface area (Å²) in [5.74, 6) is -0.113. The molecule has 0 aromatic heterocycles. The minimum absolute atomic E-state index is 0.164. The number of aliphatic hydroxyl groups excluding tert-OH is 1. The third kappa shape index (κ3) is 6.62. The number of aliphatic hydroxyl groups is 1. The van der Waals surface area contributed by atoms with E-state index >= 15 is 0 Å². The second-order valence-corrected chi connectivity index (χ2v) is 4.70. The maximum Gasteiger partial charge on any atom is 0.257 e. The maximum absolute atomic E-state index is 12.5. The highest BCUT2D eigenvalue weighted by molar-refractivity contribution is 6.30. The summed E-state index contributed by atoms with van der Waals surface area (Å²) in [5, 5.41) is 9.12. The number of nitrogens with one attached hydrogen (secondary N) is 1. The normalized spacial score (nSPS) is 21.4. The van der Waals surface area contributed by atoms with Crippen LogP contribution in [0.4, 0.5) is 0 Å². The molecule has 0 spiro atoms. The zero-order valence-corrected chi connectivity index (χ0v) is 12.8. The van der Waals surface area contributed by atoms with Crippen LogP contribution in [-0.4, -0.2) is 47.8 Å². The average Bonchev–Trinajstić information content (AvgIpc) is 2.51. The second-order valence-electron chi connectivity index (χ2n) is 3.91. The molecule has 0 unspecified atom stereocenters. The van der Waals surface area contributed by atoms with E-state index in [-0.39, 0.29) is 23.4 Å². The first kappa shape index (κ1) is 17.5. The van der Waals surface area contributed by atoms with Crippen LogP contribution in [0.15, 0.2) is 47.5 Å². The quantitative estimate of drug-likeness (QED) is 0.441. The number of halogens is 2. The molecule has 7 heteroatoms. The van der Waals surface area contributed by atoms with Gasteiger partial charge in [-0.25, -0.2) is 4.99 Å². The predicted molar refractivity (Wildman–Crippen MR) is 82.8 cm³/mol. The van der Waals surface area contributed by atoms with Gasteiger partial charge in [-0.2, -0.15) is 0 Å². The molecule has 0 bridgehead atoms. The fourth-order valence-corrected chi connectivity index (χ4v) is 1.76. The van der Waals surface area contributed by atoms with Crippen molar-refractivity contribution in [2.24, 2.45) is 0 Å². The summed E-state index contributed by atoms with van der Waals surface area (Å²) >= 11 is 11.4. The molecule has 0 saturated heterocycles. The van der Waals surface area contributed by atoms with Crippen molar-refractivity contribution in [1.29, 1.82) is 0 Å². The van der Waals surface area contributed by atoms with E-state index in [0.29, 0.717) is 18.7 Å². The van der Waals surface area contributed by atoms with Crippen molar-refractivity contribution in [3.8, 4) is 0 Å². The lowest BCUT2D eigenvalue weighted by Gasteiger charge is -2.18. The standard InChI is InChI=1S/C14H16Cl2N2O3/c15-3-2-12(10-13(16)11-19)14(20)18-6-1-4-17-5-8-21-9-7-18/h1-2,4-6,8,10,19H,3,7,9,11H2/p+1/b6-1+,8-5+,12-2+,13-10+,17-4+. The van der Waals surface area contributed by atoms with Crippen molar-refractivity contribution in [2.75, 3.05) is 25.6 Å². The second kappa shape index (κ2) is 10.2. The minimum Gasteiger partial charge on any atom is -0.493 e. The van der Waals surface area contributed by atoms with Gasteiger partial charge >= 0.3 is 0 Å². The van der Waals surface area contributed by atoms with Gasteiger partial charge in [-0.3, -0.25) is 4.79 Å². The van der Waals surface area contributed by atoms with Gasteiger partial charge in [0.25, 0.3) is 5.91 Å². The van der Waals surface area contributed by atoms with Crippen LogP contribution in [0.1, 0.15) is 0 Å². The topological polar surface area (TPSA) is 63.7 Å². The van der Waals surface area contributed by atoms with Crippen LogP contribution < -0.4 is 4.99 Å². The number of ether oxygens (including phenoxy) is 1. The van der Waals surface area contributed by atoms with Gasteiger partial charge in [0, 0.05) is 28.8 Å². The molecule has 0 aromatic rings. The summed E-state index contributed by atoms with van der Waals surface area (Å²) in [4.78, 5) is 16.8.